The van der Waals surface area contributed by atoms with Crippen LogP contribution in [0.25, 0.3) is 0 Å². The molecule has 3 nitrogen and oxygen atoms in total. The van der Waals surface area contributed by atoms with E-state index in [1.165, 1.54) is 0 Å². The Morgan fingerprint density at radius 1 is 1.33 bits per heavy atom. The number of ether oxygens (including phenoxy) is 1. The molecule has 0 unspecified atom stereocenters. The molecule has 3 rings (SSSR count). The van der Waals surface area contributed by atoms with E-state index in [4.69, 9.17) is 4.74 Å². The summed E-state index contributed by atoms with van der Waals surface area (Å²) in [6, 6.07) is 5.74. The summed E-state index contributed by atoms with van der Waals surface area (Å²) in [5.74, 6) is 1.08. The molecular weight excluding hydrogens is 246 g/mol. The van der Waals surface area contributed by atoms with Crippen LogP contribution in [-0.4, -0.2) is 10.8 Å². The fourth-order valence-electron chi connectivity index (χ4n) is 2.24. The second-order valence-electron chi connectivity index (χ2n) is 4.32. The first-order chi connectivity index (χ1) is 8.84. The van der Waals surface area contributed by atoms with Crippen molar-refractivity contribution in [3.05, 3.63) is 45.9 Å². The maximum atomic E-state index is 11.8. The van der Waals surface area contributed by atoms with Crippen molar-refractivity contribution in [2.75, 3.05) is 0 Å². The molecule has 0 saturated carbocycles. The molecule has 1 heterocycles. The van der Waals surface area contributed by atoms with E-state index in [-0.39, 0.29) is 5.78 Å². The average Bonchev–Trinajstić information content (AvgIpc) is 2.90. The van der Waals surface area contributed by atoms with Crippen LogP contribution in [0.3, 0.4) is 0 Å². The van der Waals surface area contributed by atoms with E-state index < -0.39 is 0 Å². The highest BCUT2D eigenvalue weighted by molar-refractivity contribution is 7.09. The highest BCUT2D eigenvalue weighted by atomic mass is 32.1. The third kappa shape index (κ3) is 2.16. The van der Waals surface area contributed by atoms with Crippen molar-refractivity contribution >= 4 is 17.1 Å². The minimum absolute atomic E-state index is 0.236. The number of rotatable bonds is 3. The lowest BCUT2D eigenvalue weighted by atomic mass is 9.90. The summed E-state index contributed by atoms with van der Waals surface area (Å²) < 4.78 is 5.82. The van der Waals surface area contributed by atoms with Crippen LogP contribution in [0.15, 0.2) is 29.9 Å². The molecule has 0 radical (unpaired) electrons. The molecule has 0 saturated heterocycles. The minimum atomic E-state index is 0.236. The van der Waals surface area contributed by atoms with E-state index >= 15 is 0 Å². The summed E-state index contributed by atoms with van der Waals surface area (Å²) in [5, 5.41) is 0. The van der Waals surface area contributed by atoms with Gasteiger partial charge < -0.3 is 4.74 Å². The number of hydrogen-bond acceptors (Lipinski definition) is 4. The van der Waals surface area contributed by atoms with Crippen LogP contribution in [0.5, 0.6) is 5.75 Å². The summed E-state index contributed by atoms with van der Waals surface area (Å²) in [4.78, 5) is 16.9. The van der Waals surface area contributed by atoms with E-state index in [1.54, 1.807) is 16.8 Å². The SMILES string of the molecule is O=C1CCCc2c(OCc3cncs3)cccc21. The molecule has 1 aromatic carbocycles. The van der Waals surface area contributed by atoms with Crippen LogP contribution in [-0.2, 0) is 13.0 Å². The highest BCUT2D eigenvalue weighted by Crippen LogP contribution is 2.30. The van der Waals surface area contributed by atoms with Gasteiger partial charge in [-0.1, -0.05) is 12.1 Å². The third-order valence-electron chi connectivity index (χ3n) is 3.12. The first kappa shape index (κ1) is 11.4. The van der Waals surface area contributed by atoms with Crippen molar-refractivity contribution < 1.29 is 9.53 Å². The number of fused-ring (bicyclic) bond motifs is 1. The number of carbonyl (C=O) groups is 1. The Morgan fingerprint density at radius 2 is 2.28 bits per heavy atom. The Morgan fingerprint density at radius 3 is 3.11 bits per heavy atom. The van der Waals surface area contributed by atoms with Gasteiger partial charge in [-0.25, -0.2) is 0 Å². The van der Waals surface area contributed by atoms with Crippen LogP contribution in [0.1, 0.15) is 33.6 Å². The van der Waals surface area contributed by atoms with E-state index in [0.717, 1.165) is 34.6 Å². The van der Waals surface area contributed by atoms with Crippen LogP contribution in [0.4, 0.5) is 0 Å². The van der Waals surface area contributed by atoms with Gasteiger partial charge in [-0.05, 0) is 18.9 Å². The van der Waals surface area contributed by atoms with Crippen molar-refractivity contribution in [1.29, 1.82) is 0 Å². The quantitative estimate of drug-likeness (QED) is 0.849. The molecule has 4 heteroatoms. The Balaban J connectivity index is 1.84. The summed E-state index contributed by atoms with van der Waals surface area (Å²) in [6.07, 6.45) is 4.32. The number of Topliss-reactive ketones (excluding diaryl/α,β-unsaturated/α-hetero) is 1. The number of aromatic nitrogens is 1. The van der Waals surface area contributed by atoms with Gasteiger partial charge in [0.25, 0.3) is 0 Å². The van der Waals surface area contributed by atoms with E-state index in [2.05, 4.69) is 4.98 Å². The molecule has 0 atom stereocenters. The van der Waals surface area contributed by atoms with E-state index in [1.807, 2.05) is 24.4 Å². The summed E-state index contributed by atoms with van der Waals surface area (Å²) in [5.41, 5.74) is 3.70. The van der Waals surface area contributed by atoms with Crippen molar-refractivity contribution in [1.82, 2.24) is 4.98 Å². The maximum absolute atomic E-state index is 11.8. The van der Waals surface area contributed by atoms with Gasteiger partial charge in [-0.2, -0.15) is 0 Å². The predicted molar refractivity (Wildman–Crippen MR) is 70.2 cm³/mol. The van der Waals surface area contributed by atoms with Gasteiger partial charge in [-0.15, -0.1) is 11.3 Å². The van der Waals surface area contributed by atoms with Gasteiger partial charge in [0.15, 0.2) is 5.78 Å². The predicted octanol–water partition coefficient (Wildman–Crippen LogP) is 3.24. The molecule has 0 aliphatic heterocycles. The molecule has 0 bridgehead atoms. The van der Waals surface area contributed by atoms with Crippen molar-refractivity contribution in [2.45, 2.75) is 25.9 Å². The standard InChI is InChI=1S/C14H13NO2S/c16-13-5-1-4-12-11(13)3-2-6-14(12)17-8-10-7-15-9-18-10/h2-3,6-7,9H,1,4-5,8H2. The molecular formula is C14H13NO2S. The molecule has 1 aliphatic rings. The van der Waals surface area contributed by atoms with Crippen LogP contribution in [0.2, 0.25) is 0 Å². The second-order valence-corrected chi connectivity index (χ2v) is 5.29. The van der Waals surface area contributed by atoms with Gasteiger partial charge >= 0.3 is 0 Å². The zero-order chi connectivity index (χ0) is 12.4. The lowest BCUT2D eigenvalue weighted by Crippen LogP contribution is -2.12. The number of thiazole rings is 1. The molecule has 0 amide bonds. The molecule has 0 spiro atoms. The number of carbonyl (C=O) groups excluding carboxylic acids is 1. The first-order valence-corrected chi connectivity index (χ1v) is 6.88. The monoisotopic (exact) mass is 259 g/mol. The van der Waals surface area contributed by atoms with Crippen molar-refractivity contribution in [3.8, 4) is 5.75 Å². The number of nitrogens with zero attached hydrogens (tertiary/aromatic N) is 1. The zero-order valence-electron chi connectivity index (χ0n) is 9.89. The number of hydrogen-bond donors (Lipinski definition) is 0. The maximum Gasteiger partial charge on any atom is 0.163 e. The first-order valence-electron chi connectivity index (χ1n) is 6.00. The van der Waals surface area contributed by atoms with Gasteiger partial charge in [-0.3, -0.25) is 9.78 Å². The smallest absolute Gasteiger partial charge is 0.163 e. The lowest BCUT2D eigenvalue weighted by Gasteiger charge is -2.18. The average molecular weight is 259 g/mol. The molecule has 18 heavy (non-hydrogen) atoms. The highest BCUT2D eigenvalue weighted by Gasteiger charge is 2.20. The number of benzene rings is 1. The van der Waals surface area contributed by atoms with Crippen LogP contribution in [0, 0.1) is 0 Å². The Kier molecular flexibility index (Phi) is 3.11. The van der Waals surface area contributed by atoms with Gasteiger partial charge in [0, 0.05) is 23.7 Å². The fraction of sp³-hybridized carbons (Fsp3) is 0.286. The van der Waals surface area contributed by atoms with Gasteiger partial charge in [0.2, 0.25) is 0 Å². The van der Waals surface area contributed by atoms with Crippen molar-refractivity contribution in [3.63, 3.8) is 0 Å². The Hall–Kier alpha value is -1.68. The normalized spacial score (nSPS) is 14.3. The minimum Gasteiger partial charge on any atom is -0.488 e. The summed E-state index contributed by atoms with van der Waals surface area (Å²) in [7, 11) is 0. The third-order valence-corrected chi connectivity index (χ3v) is 3.87. The van der Waals surface area contributed by atoms with E-state index in [9.17, 15) is 4.79 Å². The summed E-state index contributed by atoms with van der Waals surface area (Å²) >= 11 is 1.58. The second kappa shape index (κ2) is 4.90. The molecule has 1 aliphatic carbocycles. The van der Waals surface area contributed by atoms with E-state index in [0.29, 0.717) is 13.0 Å². The molecule has 0 fully saturated rings. The van der Waals surface area contributed by atoms with Gasteiger partial charge in [0.05, 0.1) is 10.4 Å². The topological polar surface area (TPSA) is 39.2 Å². The summed E-state index contributed by atoms with van der Waals surface area (Å²) in [6.45, 7) is 0.523. The van der Waals surface area contributed by atoms with Gasteiger partial charge in [0.1, 0.15) is 12.4 Å². The number of ketones is 1. The zero-order valence-corrected chi connectivity index (χ0v) is 10.7. The van der Waals surface area contributed by atoms with Crippen molar-refractivity contribution in [2.24, 2.45) is 0 Å². The fourth-order valence-corrected chi connectivity index (χ4v) is 2.75. The molecule has 2 aromatic rings. The lowest BCUT2D eigenvalue weighted by molar-refractivity contribution is 0.0971. The molecule has 92 valence electrons. The largest absolute Gasteiger partial charge is 0.488 e. The molecule has 1 aromatic heterocycles. The Labute approximate surface area is 109 Å². The van der Waals surface area contributed by atoms with Crippen LogP contribution >= 0.6 is 11.3 Å². The Bertz CT molecular complexity index is 563. The van der Waals surface area contributed by atoms with Crippen LogP contribution < -0.4 is 4.74 Å². The molecule has 0 N–H and O–H groups in total.